The van der Waals surface area contributed by atoms with Crippen molar-refractivity contribution < 1.29 is 5.11 Å². The number of nitrogens with one attached hydrogen (secondary N) is 1. The lowest BCUT2D eigenvalue weighted by Crippen LogP contribution is -2.18. The molecule has 1 heterocycles. The molecule has 0 fully saturated rings. The van der Waals surface area contributed by atoms with Crippen LogP contribution >= 0.6 is 23.7 Å². The third-order valence-electron chi connectivity index (χ3n) is 5.87. The van der Waals surface area contributed by atoms with Crippen LogP contribution in [0.4, 0.5) is 5.69 Å². The molecule has 3 aromatic rings. The van der Waals surface area contributed by atoms with Crippen molar-refractivity contribution in [3.8, 4) is 5.75 Å². The molecule has 0 aliphatic carbocycles. The number of aliphatic imine (C=N–C) groups is 1. The number of hydrogen-bond acceptors (Lipinski definition) is 4. The van der Waals surface area contributed by atoms with Crippen LogP contribution in [0.1, 0.15) is 75.1 Å². The van der Waals surface area contributed by atoms with E-state index < -0.39 is 0 Å². The van der Waals surface area contributed by atoms with Gasteiger partial charge in [0, 0.05) is 6.54 Å². The lowest BCUT2D eigenvalue weighted by Gasteiger charge is -2.28. The van der Waals surface area contributed by atoms with Crippen LogP contribution in [0, 0.1) is 0 Å². The third kappa shape index (κ3) is 8.09. The minimum atomic E-state index is -0.0985. The van der Waals surface area contributed by atoms with E-state index in [2.05, 4.69) is 76.1 Å². The van der Waals surface area contributed by atoms with Crippen molar-refractivity contribution in [1.29, 1.82) is 0 Å². The van der Waals surface area contributed by atoms with Gasteiger partial charge >= 0.3 is 0 Å². The molecule has 0 atom stereocenters. The third-order valence-corrected chi connectivity index (χ3v) is 6.76. The lowest BCUT2D eigenvalue weighted by molar-refractivity contribution is 0.422. The molecule has 1 aromatic heterocycles. The molecular formula is C29H40ClN3OS. The summed E-state index contributed by atoms with van der Waals surface area (Å²) in [6.45, 7) is 14.7. The zero-order valence-corrected chi connectivity index (χ0v) is 23.4. The Labute approximate surface area is 221 Å². The molecule has 6 heteroatoms. The molecule has 4 nitrogen and oxygen atoms in total. The van der Waals surface area contributed by atoms with Crippen LogP contribution in [0.5, 0.6) is 5.75 Å². The Morgan fingerprint density at radius 3 is 2.17 bits per heavy atom. The maximum absolute atomic E-state index is 10.9. The maximum Gasteiger partial charge on any atom is 0.141 e. The second kappa shape index (κ2) is 12.1. The number of amidine groups is 1. The number of hydrogen-bond donors (Lipinski definition) is 3. The van der Waals surface area contributed by atoms with Crippen molar-refractivity contribution in [3.63, 3.8) is 0 Å². The summed E-state index contributed by atoms with van der Waals surface area (Å²) in [4.78, 5) is 5.55. The SMILES string of the molecule is CC(C)(C)c1cc(CCCNCc2cccc(N=C(N)c3cccs3)c2)cc(C(C)(C)C)c1O.Cl. The van der Waals surface area contributed by atoms with Gasteiger partial charge in [0.25, 0.3) is 0 Å². The monoisotopic (exact) mass is 513 g/mol. The molecule has 35 heavy (non-hydrogen) atoms. The van der Waals surface area contributed by atoms with E-state index in [1.54, 1.807) is 11.3 Å². The highest BCUT2D eigenvalue weighted by atomic mass is 35.5. The van der Waals surface area contributed by atoms with Crippen LogP contribution < -0.4 is 11.1 Å². The van der Waals surface area contributed by atoms with Gasteiger partial charge in [0.2, 0.25) is 0 Å². The molecule has 0 aliphatic rings. The summed E-state index contributed by atoms with van der Waals surface area (Å²) < 4.78 is 0. The normalized spacial score (nSPS) is 12.5. The first-order valence-electron chi connectivity index (χ1n) is 12.0. The molecule has 0 bridgehead atoms. The molecular weight excluding hydrogens is 474 g/mol. The van der Waals surface area contributed by atoms with Crippen LogP contribution in [0.2, 0.25) is 0 Å². The minimum Gasteiger partial charge on any atom is -0.507 e. The zero-order valence-electron chi connectivity index (χ0n) is 21.8. The summed E-state index contributed by atoms with van der Waals surface area (Å²) in [5, 5.41) is 16.5. The Balaban J connectivity index is 0.00000432. The van der Waals surface area contributed by atoms with Crippen LogP contribution in [-0.2, 0) is 23.8 Å². The molecule has 4 N–H and O–H groups in total. The minimum absolute atomic E-state index is 0. The van der Waals surface area contributed by atoms with E-state index in [1.807, 2.05) is 29.6 Å². The van der Waals surface area contributed by atoms with Crippen molar-refractivity contribution in [1.82, 2.24) is 5.32 Å². The summed E-state index contributed by atoms with van der Waals surface area (Å²) in [6, 6.07) is 16.5. The molecule has 0 aliphatic heterocycles. The fraction of sp³-hybridized carbons (Fsp3) is 0.414. The molecule has 0 radical (unpaired) electrons. The van der Waals surface area contributed by atoms with Gasteiger partial charge in [0.05, 0.1) is 10.6 Å². The number of nitrogens with two attached hydrogens (primary N) is 1. The number of thiophene rings is 1. The number of benzene rings is 2. The van der Waals surface area contributed by atoms with Gasteiger partial charge in [-0.2, -0.15) is 0 Å². The first-order chi connectivity index (χ1) is 15.9. The van der Waals surface area contributed by atoms with Crippen molar-refractivity contribution in [2.45, 2.75) is 71.8 Å². The summed E-state index contributed by atoms with van der Waals surface area (Å²) in [5.74, 6) is 1.00. The first kappa shape index (κ1) is 28.9. The number of rotatable bonds is 8. The summed E-state index contributed by atoms with van der Waals surface area (Å²) >= 11 is 1.59. The summed E-state index contributed by atoms with van der Waals surface area (Å²) in [7, 11) is 0. The number of halogens is 1. The highest BCUT2D eigenvalue weighted by Crippen LogP contribution is 2.40. The predicted molar refractivity (Wildman–Crippen MR) is 154 cm³/mol. The molecule has 0 spiro atoms. The van der Waals surface area contributed by atoms with Crippen LogP contribution in [0.15, 0.2) is 58.9 Å². The molecule has 0 saturated heterocycles. The van der Waals surface area contributed by atoms with E-state index in [9.17, 15) is 5.11 Å². The first-order valence-corrected chi connectivity index (χ1v) is 12.9. The average molecular weight is 514 g/mol. The summed E-state index contributed by atoms with van der Waals surface area (Å²) in [5.41, 5.74) is 11.3. The van der Waals surface area contributed by atoms with Gasteiger partial charge in [-0.3, -0.25) is 0 Å². The second-order valence-corrected chi connectivity index (χ2v) is 11.9. The van der Waals surface area contributed by atoms with Crippen LogP contribution in [0.3, 0.4) is 0 Å². The van der Waals surface area contributed by atoms with E-state index >= 15 is 0 Å². The van der Waals surface area contributed by atoms with Gasteiger partial charge in [-0.15, -0.1) is 23.7 Å². The van der Waals surface area contributed by atoms with Crippen LogP contribution in [0.25, 0.3) is 0 Å². The number of aromatic hydroxyl groups is 1. The van der Waals surface area contributed by atoms with Gasteiger partial charge in [-0.1, -0.05) is 71.9 Å². The quantitative estimate of drug-likeness (QED) is 0.169. The largest absolute Gasteiger partial charge is 0.507 e. The van der Waals surface area contributed by atoms with Gasteiger partial charge in [-0.05, 0) is 76.0 Å². The van der Waals surface area contributed by atoms with Gasteiger partial charge < -0.3 is 16.2 Å². The van der Waals surface area contributed by atoms with E-state index in [-0.39, 0.29) is 23.2 Å². The molecule has 0 unspecified atom stereocenters. The smallest absolute Gasteiger partial charge is 0.141 e. The van der Waals surface area contributed by atoms with Crippen molar-refractivity contribution in [2.24, 2.45) is 10.7 Å². The van der Waals surface area contributed by atoms with Gasteiger partial charge in [-0.25, -0.2) is 4.99 Å². The number of phenolic OH excluding ortho intramolecular Hbond substituents is 1. The van der Waals surface area contributed by atoms with E-state index in [4.69, 9.17) is 5.73 Å². The standard InChI is InChI=1S/C29H39N3OS.ClH/c1-28(2,3)23-17-20(18-24(26(23)33)29(4,5)6)11-8-14-31-19-21-10-7-12-22(16-21)32-27(30)25-13-9-15-34-25;/h7,9-10,12-13,15-18,31,33H,8,11,14,19H2,1-6H3,(H2,30,32);1H. The molecule has 2 aromatic carbocycles. The van der Waals surface area contributed by atoms with E-state index in [0.29, 0.717) is 11.6 Å². The summed E-state index contributed by atoms with van der Waals surface area (Å²) in [6.07, 6.45) is 2.00. The predicted octanol–water partition coefficient (Wildman–Crippen LogP) is 7.23. The van der Waals surface area contributed by atoms with Gasteiger partial charge in [0.1, 0.15) is 11.6 Å². The average Bonchev–Trinajstić information content (AvgIpc) is 3.28. The Bertz CT molecular complexity index is 1090. The molecule has 190 valence electrons. The number of phenols is 1. The fourth-order valence-corrected chi connectivity index (χ4v) is 4.61. The number of nitrogens with zero attached hydrogens (tertiary/aromatic N) is 1. The Morgan fingerprint density at radius 2 is 1.60 bits per heavy atom. The van der Waals surface area contributed by atoms with Crippen molar-refractivity contribution >= 4 is 35.3 Å². The van der Waals surface area contributed by atoms with E-state index in [1.165, 1.54) is 11.1 Å². The topological polar surface area (TPSA) is 70.6 Å². The highest BCUT2D eigenvalue weighted by molar-refractivity contribution is 7.12. The van der Waals surface area contributed by atoms with E-state index in [0.717, 1.165) is 47.6 Å². The molecule has 0 saturated carbocycles. The zero-order chi connectivity index (χ0) is 24.9. The van der Waals surface area contributed by atoms with Crippen LogP contribution in [-0.4, -0.2) is 17.5 Å². The Morgan fingerprint density at radius 1 is 0.943 bits per heavy atom. The number of aryl methyl sites for hydroxylation is 1. The van der Waals surface area contributed by atoms with Crippen molar-refractivity contribution in [2.75, 3.05) is 6.54 Å². The highest BCUT2D eigenvalue weighted by Gasteiger charge is 2.26. The van der Waals surface area contributed by atoms with Crippen molar-refractivity contribution in [3.05, 3.63) is 81.0 Å². The second-order valence-electron chi connectivity index (χ2n) is 11.0. The molecule has 3 rings (SSSR count). The van der Waals surface area contributed by atoms with Gasteiger partial charge in [0.15, 0.2) is 0 Å². The maximum atomic E-state index is 10.9. The Hall–Kier alpha value is -2.34. The molecule has 0 amide bonds. The fourth-order valence-electron chi connectivity index (χ4n) is 3.99. The lowest BCUT2D eigenvalue weighted by atomic mass is 9.78. The Kier molecular flexibility index (Phi) is 9.96.